The first-order valence-electron chi connectivity index (χ1n) is 7.42. The van der Waals surface area contributed by atoms with Gasteiger partial charge < -0.3 is 10.2 Å². The summed E-state index contributed by atoms with van der Waals surface area (Å²) in [4.78, 5) is 9.45. The van der Waals surface area contributed by atoms with Crippen LogP contribution < -0.4 is 10.2 Å². The minimum absolute atomic E-state index is 0.828. The molecular formula is C15H24N4. The van der Waals surface area contributed by atoms with Gasteiger partial charge in [-0.05, 0) is 37.1 Å². The Bertz CT molecular complexity index is 386. The number of anilines is 1. The number of nitrogens with zero attached hydrogens (tertiary/aromatic N) is 3. The van der Waals surface area contributed by atoms with Crippen molar-refractivity contribution in [1.29, 1.82) is 0 Å². The molecule has 19 heavy (non-hydrogen) atoms. The van der Waals surface area contributed by atoms with Crippen LogP contribution in [0.3, 0.4) is 0 Å². The Labute approximate surface area is 115 Å². The lowest BCUT2D eigenvalue weighted by Crippen LogP contribution is -2.48. The third-order valence-electron chi connectivity index (χ3n) is 4.52. The second kappa shape index (κ2) is 5.88. The summed E-state index contributed by atoms with van der Waals surface area (Å²) in [6.07, 6.45) is 1.88. The molecule has 0 saturated carbocycles. The standard InChI is InChI=1S/C15H24N4/c1-13-10-16-11-14(13)12-18-6-8-19(9-7-18)15-4-2-3-5-17-15/h2-5,13-14,16H,6-12H2,1H3/t13-,14+/m1/s1. The second-order valence-electron chi connectivity index (χ2n) is 5.87. The van der Waals surface area contributed by atoms with E-state index < -0.39 is 0 Å². The summed E-state index contributed by atoms with van der Waals surface area (Å²) in [5.41, 5.74) is 0. The van der Waals surface area contributed by atoms with Crippen molar-refractivity contribution in [2.24, 2.45) is 11.8 Å². The SMILES string of the molecule is C[C@@H]1CNC[C@H]1CN1CCN(c2ccccn2)CC1. The Balaban J connectivity index is 1.49. The minimum Gasteiger partial charge on any atom is -0.354 e. The van der Waals surface area contributed by atoms with Crippen molar-refractivity contribution in [1.82, 2.24) is 15.2 Å². The van der Waals surface area contributed by atoms with Crippen LogP contribution in [-0.4, -0.2) is 55.7 Å². The fourth-order valence-electron chi connectivity index (χ4n) is 3.14. The summed E-state index contributed by atoms with van der Waals surface area (Å²) in [6, 6.07) is 6.16. The number of rotatable bonds is 3. The van der Waals surface area contributed by atoms with E-state index in [4.69, 9.17) is 0 Å². The van der Waals surface area contributed by atoms with Crippen LogP contribution in [0.5, 0.6) is 0 Å². The molecule has 104 valence electrons. The highest BCUT2D eigenvalue weighted by Crippen LogP contribution is 2.19. The number of hydrogen-bond donors (Lipinski definition) is 1. The highest BCUT2D eigenvalue weighted by Gasteiger charge is 2.26. The zero-order chi connectivity index (χ0) is 13.1. The molecule has 2 fully saturated rings. The molecule has 0 radical (unpaired) electrons. The molecule has 1 aromatic rings. The molecule has 0 unspecified atom stereocenters. The highest BCUT2D eigenvalue weighted by atomic mass is 15.3. The van der Waals surface area contributed by atoms with Crippen LogP contribution in [0.4, 0.5) is 5.82 Å². The molecule has 0 bridgehead atoms. The van der Waals surface area contributed by atoms with Crippen LogP contribution in [0.1, 0.15) is 6.92 Å². The van der Waals surface area contributed by atoms with E-state index in [1.165, 1.54) is 32.7 Å². The Morgan fingerprint density at radius 2 is 2.05 bits per heavy atom. The second-order valence-corrected chi connectivity index (χ2v) is 5.87. The maximum absolute atomic E-state index is 4.44. The van der Waals surface area contributed by atoms with Crippen molar-refractivity contribution in [2.75, 3.05) is 50.7 Å². The summed E-state index contributed by atoms with van der Waals surface area (Å²) >= 11 is 0. The molecule has 1 aromatic heterocycles. The van der Waals surface area contributed by atoms with Crippen molar-refractivity contribution >= 4 is 5.82 Å². The Morgan fingerprint density at radius 3 is 2.68 bits per heavy atom. The van der Waals surface area contributed by atoms with Crippen molar-refractivity contribution in [3.8, 4) is 0 Å². The molecule has 0 aromatic carbocycles. The molecule has 2 aliphatic heterocycles. The Hall–Kier alpha value is -1.13. The van der Waals surface area contributed by atoms with Crippen molar-refractivity contribution < 1.29 is 0 Å². The van der Waals surface area contributed by atoms with Crippen molar-refractivity contribution in [3.05, 3.63) is 24.4 Å². The highest BCUT2D eigenvalue weighted by molar-refractivity contribution is 5.38. The number of hydrogen-bond acceptors (Lipinski definition) is 4. The number of pyridine rings is 1. The molecule has 4 nitrogen and oxygen atoms in total. The van der Waals surface area contributed by atoms with Gasteiger partial charge in [0.25, 0.3) is 0 Å². The van der Waals surface area contributed by atoms with Crippen LogP contribution in [-0.2, 0) is 0 Å². The van der Waals surface area contributed by atoms with E-state index >= 15 is 0 Å². The quantitative estimate of drug-likeness (QED) is 0.880. The maximum Gasteiger partial charge on any atom is 0.128 e. The third-order valence-corrected chi connectivity index (χ3v) is 4.52. The van der Waals surface area contributed by atoms with E-state index in [0.29, 0.717) is 0 Å². The summed E-state index contributed by atoms with van der Waals surface area (Å²) in [5.74, 6) is 2.79. The van der Waals surface area contributed by atoms with Gasteiger partial charge in [-0.3, -0.25) is 4.90 Å². The monoisotopic (exact) mass is 260 g/mol. The number of aromatic nitrogens is 1. The Kier molecular flexibility index (Phi) is 3.99. The predicted molar refractivity (Wildman–Crippen MR) is 78.4 cm³/mol. The maximum atomic E-state index is 4.44. The summed E-state index contributed by atoms with van der Waals surface area (Å²) < 4.78 is 0. The predicted octanol–water partition coefficient (Wildman–Crippen LogP) is 1.06. The van der Waals surface area contributed by atoms with Gasteiger partial charge in [-0.2, -0.15) is 0 Å². The van der Waals surface area contributed by atoms with E-state index in [1.807, 2.05) is 12.3 Å². The van der Waals surface area contributed by atoms with Crippen LogP contribution in [0.25, 0.3) is 0 Å². The fraction of sp³-hybridized carbons (Fsp3) is 0.667. The van der Waals surface area contributed by atoms with E-state index in [-0.39, 0.29) is 0 Å². The smallest absolute Gasteiger partial charge is 0.128 e. The van der Waals surface area contributed by atoms with E-state index in [1.54, 1.807) is 0 Å². The lowest BCUT2D eigenvalue weighted by Gasteiger charge is -2.37. The van der Waals surface area contributed by atoms with Gasteiger partial charge in [0.05, 0.1) is 0 Å². The molecule has 2 saturated heterocycles. The van der Waals surface area contributed by atoms with Crippen LogP contribution in [0, 0.1) is 11.8 Å². The molecule has 2 aliphatic rings. The molecule has 1 N–H and O–H groups in total. The van der Waals surface area contributed by atoms with Gasteiger partial charge in [0.2, 0.25) is 0 Å². The average molecular weight is 260 g/mol. The molecule has 3 rings (SSSR count). The van der Waals surface area contributed by atoms with E-state index in [9.17, 15) is 0 Å². The molecule has 2 atom stereocenters. The van der Waals surface area contributed by atoms with E-state index in [2.05, 4.69) is 39.2 Å². The van der Waals surface area contributed by atoms with Gasteiger partial charge in [-0.25, -0.2) is 4.98 Å². The Morgan fingerprint density at radius 1 is 1.21 bits per heavy atom. The molecular weight excluding hydrogens is 236 g/mol. The van der Waals surface area contributed by atoms with Crippen molar-refractivity contribution in [3.63, 3.8) is 0 Å². The molecule has 0 spiro atoms. The van der Waals surface area contributed by atoms with Gasteiger partial charge in [-0.1, -0.05) is 13.0 Å². The summed E-state index contributed by atoms with van der Waals surface area (Å²) in [6.45, 7) is 10.6. The van der Waals surface area contributed by atoms with Gasteiger partial charge in [-0.15, -0.1) is 0 Å². The number of nitrogens with one attached hydrogen (secondary N) is 1. The van der Waals surface area contributed by atoms with Crippen LogP contribution >= 0.6 is 0 Å². The minimum atomic E-state index is 0.828. The van der Waals surface area contributed by atoms with E-state index in [0.717, 1.165) is 30.7 Å². The lowest BCUT2D eigenvalue weighted by molar-refractivity contribution is 0.207. The fourth-order valence-corrected chi connectivity index (χ4v) is 3.14. The topological polar surface area (TPSA) is 31.4 Å². The van der Waals surface area contributed by atoms with Crippen molar-refractivity contribution in [2.45, 2.75) is 6.92 Å². The molecule has 3 heterocycles. The largest absolute Gasteiger partial charge is 0.354 e. The lowest BCUT2D eigenvalue weighted by atomic mass is 9.97. The summed E-state index contributed by atoms with van der Waals surface area (Å²) in [7, 11) is 0. The van der Waals surface area contributed by atoms with Crippen LogP contribution in [0.15, 0.2) is 24.4 Å². The first-order chi connectivity index (χ1) is 9.33. The molecule has 4 heteroatoms. The molecule has 0 aliphatic carbocycles. The first-order valence-corrected chi connectivity index (χ1v) is 7.42. The molecule has 0 amide bonds. The summed E-state index contributed by atoms with van der Waals surface area (Å²) in [5, 5.41) is 3.50. The average Bonchev–Trinajstić information content (AvgIpc) is 2.86. The first kappa shape index (κ1) is 12.9. The number of piperazine rings is 1. The van der Waals surface area contributed by atoms with Gasteiger partial charge >= 0.3 is 0 Å². The normalized spacial score (nSPS) is 28.8. The third kappa shape index (κ3) is 3.07. The zero-order valence-corrected chi connectivity index (χ0v) is 11.8. The van der Waals surface area contributed by atoms with Gasteiger partial charge in [0.15, 0.2) is 0 Å². The van der Waals surface area contributed by atoms with Crippen LogP contribution in [0.2, 0.25) is 0 Å². The van der Waals surface area contributed by atoms with Gasteiger partial charge in [0, 0.05) is 38.9 Å². The van der Waals surface area contributed by atoms with Gasteiger partial charge in [0.1, 0.15) is 5.82 Å². The zero-order valence-electron chi connectivity index (χ0n) is 11.8.